The molecule has 0 heterocycles. The maximum Gasteiger partial charge on any atom is 0.407 e. The monoisotopic (exact) mass is 262 g/mol. The second-order valence-corrected chi connectivity index (χ2v) is 9.42. The van der Waals surface area contributed by atoms with Gasteiger partial charge in [-0.25, -0.2) is 4.57 Å². The van der Waals surface area contributed by atoms with Crippen molar-refractivity contribution < 1.29 is 23.8 Å². The van der Waals surface area contributed by atoms with E-state index in [0.717, 1.165) is 0 Å². The Kier molecular flexibility index (Phi) is 3.89. The lowest BCUT2D eigenvalue weighted by atomic mass is 10.1. The summed E-state index contributed by atoms with van der Waals surface area (Å²) in [5, 5.41) is 0. The van der Waals surface area contributed by atoms with Gasteiger partial charge in [0.2, 0.25) is 0 Å². The van der Waals surface area contributed by atoms with E-state index < -0.39 is 20.5 Å². The van der Waals surface area contributed by atoms with Crippen LogP contribution in [0.5, 0.6) is 0 Å². The fourth-order valence-corrected chi connectivity index (χ4v) is 3.03. The van der Waals surface area contributed by atoms with E-state index >= 15 is 0 Å². The quantitative estimate of drug-likeness (QED) is 0.722. The first kappa shape index (κ1) is 13.4. The molecule has 0 fully saturated rings. The Bertz CT molecular complexity index is 476. The van der Waals surface area contributed by atoms with E-state index in [1.807, 2.05) is 0 Å². The summed E-state index contributed by atoms with van der Waals surface area (Å²) in [7, 11) is -9.52. The second kappa shape index (κ2) is 4.66. The molecular formula is C9H12O5P2. The molecule has 1 atom stereocenters. The van der Waals surface area contributed by atoms with Crippen molar-refractivity contribution in [3.63, 3.8) is 0 Å². The standard InChI is InChI=1S/C9H12O5P2/c1-8(9-5-3-2-4-6-9)7-15(10,11)16(12,13)14/h2-6H,1,7H2,(H,10,11)(H2,12,13,14). The normalized spacial score (nSPS) is 15.4. The molecule has 3 N–H and O–H groups in total. The van der Waals surface area contributed by atoms with Crippen LogP contribution < -0.4 is 0 Å². The molecule has 0 saturated carbocycles. The zero-order chi connectivity index (χ0) is 12.4. The molecule has 0 aliphatic heterocycles. The maximum absolute atomic E-state index is 11.4. The molecule has 5 nitrogen and oxygen atoms in total. The van der Waals surface area contributed by atoms with Crippen LogP contribution in [-0.4, -0.2) is 20.8 Å². The van der Waals surface area contributed by atoms with Gasteiger partial charge in [0.1, 0.15) is 0 Å². The van der Waals surface area contributed by atoms with Crippen LogP contribution >= 0.6 is 14.3 Å². The fourth-order valence-electron chi connectivity index (χ4n) is 1.11. The van der Waals surface area contributed by atoms with Crippen molar-refractivity contribution in [1.82, 2.24) is 0 Å². The van der Waals surface area contributed by atoms with Gasteiger partial charge in [-0.05, 0) is 11.1 Å². The number of hydrogen-bond donors (Lipinski definition) is 3. The van der Waals surface area contributed by atoms with Gasteiger partial charge in [-0.2, -0.15) is 0 Å². The van der Waals surface area contributed by atoms with E-state index in [-0.39, 0.29) is 5.57 Å². The zero-order valence-corrected chi connectivity index (χ0v) is 10.1. The lowest BCUT2D eigenvalue weighted by Gasteiger charge is -2.14. The van der Waals surface area contributed by atoms with Gasteiger partial charge in [-0.15, -0.1) is 0 Å². The first-order valence-electron chi connectivity index (χ1n) is 4.35. The molecule has 7 heteroatoms. The summed E-state index contributed by atoms with van der Waals surface area (Å²) in [6.45, 7) is 3.55. The lowest BCUT2D eigenvalue weighted by molar-refractivity contribution is 0.378. The number of benzene rings is 1. The SMILES string of the molecule is C=C(CP(=O)(O)P(=O)(O)O)c1ccccc1. The van der Waals surface area contributed by atoms with Gasteiger partial charge in [0.15, 0.2) is 0 Å². The molecule has 0 aliphatic rings. The molecule has 1 aromatic rings. The Morgan fingerprint density at radius 2 is 1.62 bits per heavy atom. The molecule has 0 spiro atoms. The van der Waals surface area contributed by atoms with Crippen LogP contribution in [0.3, 0.4) is 0 Å². The molecule has 0 saturated heterocycles. The average Bonchev–Trinajstić information content (AvgIpc) is 2.16. The Hall–Kier alpha value is -0.700. The van der Waals surface area contributed by atoms with Crippen molar-refractivity contribution >= 4 is 19.9 Å². The molecule has 1 aromatic carbocycles. The summed E-state index contributed by atoms with van der Waals surface area (Å²) in [5.41, 5.74) is 0.819. The van der Waals surface area contributed by atoms with Gasteiger partial charge < -0.3 is 14.7 Å². The third kappa shape index (κ3) is 3.14. The third-order valence-corrected chi connectivity index (χ3v) is 6.46. The van der Waals surface area contributed by atoms with Crippen molar-refractivity contribution in [1.29, 1.82) is 0 Å². The summed E-state index contributed by atoms with van der Waals surface area (Å²) in [5.74, 6) is 0. The van der Waals surface area contributed by atoms with Gasteiger partial charge in [-0.1, -0.05) is 36.9 Å². The van der Waals surface area contributed by atoms with E-state index in [1.165, 1.54) is 0 Å². The highest BCUT2D eigenvalue weighted by molar-refractivity contribution is 8.28. The first-order valence-corrected chi connectivity index (χ1v) is 8.51. The molecule has 0 amide bonds. The van der Waals surface area contributed by atoms with Crippen molar-refractivity contribution in [2.75, 3.05) is 6.16 Å². The van der Waals surface area contributed by atoms with E-state index in [1.54, 1.807) is 30.3 Å². The van der Waals surface area contributed by atoms with E-state index in [0.29, 0.717) is 5.56 Å². The summed E-state index contributed by atoms with van der Waals surface area (Å²) < 4.78 is 22.1. The van der Waals surface area contributed by atoms with Gasteiger partial charge in [0, 0.05) is 0 Å². The maximum atomic E-state index is 11.4. The molecule has 88 valence electrons. The van der Waals surface area contributed by atoms with Gasteiger partial charge in [-0.3, -0.25) is 4.57 Å². The highest BCUT2D eigenvalue weighted by Gasteiger charge is 2.40. The first-order chi connectivity index (χ1) is 7.24. The largest absolute Gasteiger partial charge is 0.407 e. The van der Waals surface area contributed by atoms with Crippen LogP contribution in [0.2, 0.25) is 0 Å². The van der Waals surface area contributed by atoms with Gasteiger partial charge in [0.05, 0.1) is 6.16 Å². The molecule has 0 aliphatic carbocycles. The van der Waals surface area contributed by atoms with Crippen LogP contribution in [0.4, 0.5) is 0 Å². The van der Waals surface area contributed by atoms with Crippen LogP contribution in [0, 0.1) is 0 Å². The van der Waals surface area contributed by atoms with Crippen molar-refractivity contribution in [2.45, 2.75) is 0 Å². The van der Waals surface area contributed by atoms with Crippen molar-refractivity contribution in [3.05, 3.63) is 42.5 Å². The zero-order valence-electron chi connectivity index (χ0n) is 8.35. The Morgan fingerprint density at radius 3 is 2.06 bits per heavy atom. The summed E-state index contributed by atoms with van der Waals surface area (Å²) >= 11 is 0. The van der Waals surface area contributed by atoms with Crippen molar-refractivity contribution in [3.8, 4) is 0 Å². The van der Waals surface area contributed by atoms with Crippen LogP contribution in [0.15, 0.2) is 36.9 Å². The molecule has 0 bridgehead atoms. The second-order valence-electron chi connectivity index (χ2n) is 3.31. The molecule has 0 radical (unpaired) electrons. The minimum absolute atomic E-state index is 0.231. The molecule has 0 aromatic heterocycles. The average molecular weight is 262 g/mol. The summed E-state index contributed by atoms with van der Waals surface area (Å²) in [6, 6.07) is 8.49. The van der Waals surface area contributed by atoms with Crippen LogP contribution in [-0.2, 0) is 9.13 Å². The molecule has 16 heavy (non-hydrogen) atoms. The Morgan fingerprint density at radius 1 is 1.12 bits per heavy atom. The fraction of sp³-hybridized carbons (Fsp3) is 0.111. The smallest absolute Gasteiger partial charge is 0.336 e. The third-order valence-electron chi connectivity index (χ3n) is 1.99. The van der Waals surface area contributed by atoms with E-state index in [4.69, 9.17) is 9.79 Å². The number of allylic oxidation sites excluding steroid dienone is 1. The Labute approximate surface area is 93.0 Å². The van der Waals surface area contributed by atoms with Gasteiger partial charge >= 0.3 is 14.3 Å². The predicted molar refractivity (Wildman–Crippen MR) is 62.2 cm³/mol. The van der Waals surface area contributed by atoms with Crippen molar-refractivity contribution in [2.24, 2.45) is 0 Å². The molecule has 1 unspecified atom stereocenters. The molecule has 1 rings (SSSR count). The van der Waals surface area contributed by atoms with Crippen LogP contribution in [0.1, 0.15) is 5.56 Å². The number of hydrogen-bond acceptors (Lipinski definition) is 2. The minimum Gasteiger partial charge on any atom is -0.336 e. The Balaban J connectivity index is 2.89. The number of rotatable bonds is 4. The van der Waals surface area contributed by atoms with E-state index in [2.05, 4.69) is 6.58 Å². The highest BCUT2D eigenvalue weighted by Crippen LogP contribution is 2.75. The lowest BCUT2D eigenvalue weighted by Crippen LogP contribution is -1.93. The minimum atomic E-state index is -4.99. The summed E-state index contributed by atoms with van der Waals surface area (Å²) in [4.78, 5) is 26.6. The highest BCUT2D eigenvalue weighted by atomic mass is 32.1. The predicted octanol–water partition coefficient (Wildman–Crippen LogP) is 2.06. The van der Waals surface area contributed by atoms with Crippen LogP contribution in [0.25, 0.3) is 5.57 Å². The molecular weight excluding hydrogens is 250 g/mol. The van der Waals surface area contributed by atoms with E-state index in [9.17, 15) is 14.0 Å². The summed E-state index contributed by atoms with van der Waals surface area (Å²) in [6.07, 6.45) is -0.610. The van der Waals surface area contributed by atoms with Gasteiger partial charge in [0.25, 0.3) is 0 Å². The topological polar surface area (TPSA) is 94.8 Å².